The summed E-state index contributed by atoms with van der Waals surface area (Å²) >= 11 is 0. The lowest BCUT2D eigenvalue weighted by Gasteiger charge is -2.23. The number of rotatable bonds is 4. The summed E-state index contributed by atoms with van der Waals surface area (Å²) in [6, 6.07) is 4.57. The Morgan fingerprint density at radius 2 is 1.86 bits per heavy atom. The van der Waals surface area contributed by atoms with Crippen LogP contribution >= 0.6 is 0 Å². The predicted octanol–water partition coefficient (Wildman–Crippen LogP) is 2.10. The fourth-order valence-corrected chi connectivity index (χ4v) is 2.83. The number of benzene rings is 1. The van der Waals surface area contributed by atoms with E-state index in [1.807, 2.05) is 20.8 Å². The van der Waals surface area contributed by atoms with Gasteiger partial charge in [-0.05, 0) is 52.3 Å². The Labute approximate surface area is 127 Å². The SMILES string of the molecule is Cc1ccc(S(=O)C(C)C(=O)NC(C)(C)C)cc1C(=O)O. The van der Waals surface area contributed by atoms with Crippen molar-refractivity contribution in [3.8, 4) is 0 Å². The zero-order chi connectivity index (χ0) is 16.4. The van der Waals surface area contributed by atoms with E-state index in [1.54, 1.807) is 26.0 Å². The third kappa shape index (κ3) is 4.67. The Balaban J connectivity index is 3.01. The smallest absolute Gasteiger partial charge is 0.335 e. The molecule has 0 fully saturated rings. The first-order valence-corrected chi connectivity index (χ1v) is 7.81. The number of amides is 1. The first-order chi connectivity index (χ1) is 9.53. The molecule has 0 heterocycles. The van der Waals surface area contributed by atoms with Gasteiger partial charge in [-0.3, -0.25) is 9.00 Å². The van der Waals surface area contributed by atoms with Crippen LogP contribution in [0.4, 0.5) is 0 Å². The monoisotopic (exact) mass is 311 g/mol. The number of hydrogen-bond donors (Lipinski definition) is 2. The maximum atomic E-state index is 12.4. The first-order valence-electron chi connectivity index (χ1n) is 6.59. The van der Waals surface area contributed by atoms with Gasteiger partial charge in [0.15, 0.2) is 0 Å². The molecule has 116 valence electrons. The van der Waals surface area contributed by atoms with Crippen LogP contribution in [0.15, 0.2) is 23.1 Å². The third-order valence-corrected chi connectivity index (χ3v) is 4.44. The highest BCUT2D eigenvalue weighted by Crippen LogP contribution is 2.17. The van der Waals surface area contributed by atoms with E-state index < -0.39 is 27.6 Å². The van der Waals surface area contributed by atoms with Crippen LogP contribution in [-0.4, -0.2) is 32.0 Å². The molecule has 0 bridgehead atoms. The summed E-state index contributed by atoms with van der Waals surface area (Å²) in [6.07, 6.45) is 0. The molecule has 0 aromatic heterocycles. The lowest BCUT2D eigenvalue weighted by atomic mass is 10.1. The topological polar surface area (TPSA) is 83.5 Å². The molecule has 0 radical (unpaired) electrons. The quantitative estimate of drug-likeness (QED) is 0.892. The van der Waals surface area contributed by atoms with Crippen molar-refractivity contribution < 1.29 is 18.9 Å². The Hall–Kier alpha value is -1.69. The molecule has 0 aliphatic carbocycles. The van der Waals surface area contributed by atoms with E-state index in [1.165, 1.54) is 6.07 Å². The van der Waals surface area contributed by atoms with Gasteiger partial charge in [0.2, 0.25) is 5.91 Å². The van der Waals surface area contributed by atoms with E-state index in [0.29, 0.717) is 10.5 Å². The van der Waals surface area contributed by atoms with E-state index in [9.17, 15) is 13.8 Å². The number of carboxylic acids is 1. The molecule has 2 atom stereocenters. The van der Waals surface area contributed by atoms with Crippen LogP contribution in [0.1, 0.15) is 43.6 Å². The standard InChI is InChI=1S/C15H21NO4S/c1-9-6-7-11(8-12(9)14(18)19)21(20)10(2)13(17)16-15(3,4)5/h6-8,10H,1-5H3,(H,16,17)(H,18,19). The average Bonchev–Trinajstić information content (AvgIpc) is 2.35. The first kappa shape index (κ1) is 17.4. The number of nitrogens with one attached hydrogen (secondary N) is 1. The van der Waals surface area contributed by atoms with Gasteiger partial charge < -0.3 is 10.4 Å². The van der Waals surface area contributed by atoms with Gasteiger partial charge >= 0.3 is 5.97 Å². The van der Waals surface area contributed by atoms with Crippen LogP contribution < -0.4 is 5.32 Å². The molecule has 1 aromatic rings. The summed E-state index contributed by atoms with van der Waals surface area (Å²) < 4.78 is 12.4. The summed E-state index contributed by atoms with van der Waals surface area (Å²) in [5.41, 5.74) is 0.286. The lowest BCUT2D eigenvalue weighted by Crippen LogP contribution is -2.46. The van der Waals surface area contributed by atoms with Crippen molar-refractivity contribution in [2.24, 2.45) is 0 Å². The van der Waals surface area contributed by atoms with E-state index in [4.69, 9.17) is 5.11 Å². The van der Waals surface area contributed by atoms with E-state index in [-0.39, 0.29) is 11.5 Å². The van der Waals surface area contributed by atoms with Gasteiger partial charge in [0.1, 0.15) is 5.25 Å². The highest BCUT2D eigenvalue weighted by atomic mass is 32.2. The van der Waals surface area contributed by atoms with Crippen LogP contribution in [0.5, 0.6) is 0 Å². The Morgan fingerprint density at radius 1 is 1.29 bits per heavy atom. The van der Waals surface area contributed by atoms with Gasteiger partial charge in [-0.25, -0.2) is 4.79 Å². The highest BCUT2D eigenvalue weighted by Gasteiger charge is 2.25. The Kier molecular flexibility index (Phi) is 5.28. The minimum Gasteiger partial charge on any atom is -0.478 e. The van der Waals surface area contributed by atoms with Crippen molar-refractivity contribution in [2.45, 2.75) is 50.3 Å². The second-order valence-electron chi connectivity index (χ2n) is 5.96. The van der Waals surface area contributed by atoms with Crippen molar-refractivity contribution in [1.82, 2.24) is 5.32 Å². The largest absolute Gasteiger partial charge is 0.478 e. The van der Waals surface area contributed by atoms with Crippen LogP contribution in [0.3, 0.4) is 0 Å². The highest BCUT2D eigenvalue weighted by molar-refractivity contribution is 7.86. The van der Waals surface area contributed by atoms with Gasteiger partial charge in [0.25, 0.3) is 0 Å². The molecule has 0 saturated heterocycles. The van der Waals surface area contributed by atoms with Crippen LogP contribution in [0, 0.1) is 6.92 Å². The zero-order valence-electron chi connectivity index (χ0n) is 12.9. The van der Waals surface area contributed by atoms with Crippen molar-refractivity contribution in [1.29, 1.82) is 0 Å². The number of hydrogen-bond acceptors (Lipinski definition) is 3. The fraction of sp³-hybridized carbons (Fsp3) is 0.467. The molecule has 1 aromatic carbocycles. The summed E-state index contributed by atoms with van der Waals surface area (Å²) in [5, 5.41) is 11.1. The second kappa shape index (κ2) is 6.39. The fourth-order valence-electron chi connectivity index (χ4n) is 1.73. The number of carboxylic acid groups (broad SMARTS) is 1. The Morgan fingerprint density at radius 3 is 2.33 bits per heavy atom. The van der Waals surface area contributed by atoms with Crippen molar-refractivity contribution in [2.75, 3.05) is 0 Å². The van der Waals surface area contributed by atoms with Gasteiger partial charge in [0.05, 0.1) is 16.4 Å². The lowest BCUT2D eigenvalue weighted by molar-refractivity contribution is -0.121. The molecule has 1 rings (SSSR count). The van der Waals surface area contributed by atoms with E-state index >= 15 is 0 Å². The number of aromatic carboxylic acids is 1. The normalized spacial score (nSPS) is 14.3. The number of carbonyl (C=O) groups is 2. The molecule has 21 heavy (non-hydrogen) atoms. The molecule has 0 spiro atoms. The number of carbonyl (C=O) groups excluding carboxylic acids is 1. The summed E-state index contributed by atoms with van der Waals surface area (Å²) in [4.78, 5) is 23.5. The van der Waals surface area contributed by atoms with Crippen LogP contribution in [-0.2, 0) is 15.6 Å². The maximum Gasteiger partial charge on any atom is 0.335 e. The summed E-state index contributed by atoms with van der Waals surface area (Å²) in [5.74, 6) is -1.39. The molecule has 1 amide bonds. The minimum atomic E-state index is -1.60. The van der Waals surface area contributed by atoms with Crippen molar-refractivity contribution >= 4 is 22.7 Å². The van der Waals surface area contributed by atoms with Gasteiger partial charge in [-0.2, -0.15) is 0 Å². The zero-order valence-corrected chi connectivity index (χ0v) is 13.7. The average molecular weight is 311 g/mol. The van der Waals surface area contributed by atoms with Crippen LogP contribution in [0.25, 0.3) is 0 Å². The summed E-state index contributed by atoms with van der Waals surface area (Å²) in [7, 11) is -1.60. The van der Waals surface area contributed by atoms with Gasteiger partial charge in [-0.15, -0.1) is 0 Å². The molecule has 6 heteroatoms. The molecule has 2 N–H and O–H groups in total. The Bertz CT molecular complexity index is 590. The number of aryl methyl sites for hydroxylation is 1. The van der Waals surface area contributed by atoms with Gasteiger partial charge in [0, 0.05) is 10.4 Å². The van der Waals surface area contributed by atoms with E-state index in [2.05, 4.69) is 5.32 Å². The van der Waals surface area contributed by atoms with Gasteiger partial charge in [-0.1, -0.05) is 6.07 Å². The molecule has 2 unspecified atom stereocenters. The molecule has 0 aliphatic heterocycles. The maximum absolute atomic E-state index is 12.4. The van der Waals surface area contributed by atoms with Crippen molar-refractivity contribution in [3.05, 3.63) is 29.3 Å². The van der Waals surface area contributed by atoms with Crippen LogP contribution in [0.2, 0.25) is 0 Å². The second-order valence-corrected chi connectivity index (χ2v) is 7.73. The molecule has 0 saturated carbocycles. The molecular formula is C15H21NO4S. The molecular weight excluding hydrogens is 290 g/mol. The molecule has 5 nitrogen and oxygen atoms in total. The van der Waals surface area contributed by atoms with Crippen molar-refractivity contribution in [3.63, 3.8) is 0 Å². The van der Waals surface area contributed by atoms with E-state index in [0.717, 1.165) is 0 Å². The molecule has 0 aliphatic rings. The third-order valence-electron chi connectivity index (χ3n) is 2.86. The summed E-state index contributed by atoms with van der Waals surface area (Å²) in [6.45, 7) is 8.77. The minimum absolute atomic E-state index is 0.101. The predicted molar refractivity (Wildman–Crippen MR) is 81.9 cm³/mol.